The van der Waals surface area contributed by atoms with E-state index in [0.29, 0.717) is 0 Å². The minimum Gasteiger partial charge on any atom is -0.179 e. The van der Waals surface area contributed by atoms with Crippen LogP contribution in [-0.4, -0.2) is 17.3 Å². The van der Waals surface area contributed by atoms with Crippen molar-refractivity contribution in [3.8, 4) is 0 Å². The summed E-state index contributed by atoms with van der Waals surface area (Å²) in [7, 11) is 0. The van der Waals surface area contributed by atoms with Gasteiger partial charge in [0.2, 0.25) is 0 Å². The van der Waals surface area contributed by atoms with Crippen LogP contribution in [0.1, 0.15) is 19.3 Å². The lowest BCUT2D eigenvalue weighted by molar-refractivity contribution is 0.512. The lowest BCUT2D eigenvalue weighted by Crippen LogP contribution is -2.10. The summed E-state index contributed by atoms with van der Waals surface area (Å²) in [5.74, 6) is 4.84. The fraction of sp³-hybridized carbons (Fsp3) is 1.00. The maximum absolute atomic E-state index is 4.22. The molecule has 0 saturated carbocycles. The average Bonchev–Trinajstić information content (AvgIpc) is 1.91. The fourth-order valence-corrected chi connectivity index (χ4v) is 2.79. The minimum absolute atomic E-state index is 0.987. The van der Waals surface area contributed by atoms with Crippen LogP contribution in [0, 0.1) is 5.92 Å². The Morgan fingerprint density at radius 1 is 1.56 bits per heavy atom. The molecule has 1 heterocycles. The van der Waals surface area contributed by atoms with Crippen molar-refractivity contribution in [3.05, 3.63) is 0 Å². The molecule has 0 bridgehead atoms. The molecule has 1 aliphatic rings. The van der Waals surface area contributed by atoms with Crippen LogP contribution < -0.4 is 0 Å². The second-order valence-electron chi connectivity index (χ2n) is 2.60. The molecule has 54 valence electrons. The Labute approximate surface area is 67.2 Å². The number of thioether (sulfide) groups is 1. The zero-order chi connectivity index (χ0) is 6.53. The van der Waals surface area contributed by atoms with E-state index in [1.54, 1.807) is 0 Å². The van der Waals surface area contributed by atoms with Gasteiger partial charge < -0.3 is 0 Å². The van der Waals surface area contributed by atoms with E-state index in [2.05, 4.69) is 24.4 Å². The molecule has 0 amide bonds. The molecule has 1 fully saturated rings. The zero-order valence-corrected chi connectivity index (χ0v) is 7.39. The van der Waals surface area contributed by atoms with Crippen molar-refractivity contribution in [3.63, 3.8) is 0 Å². The van der Waals surface area contributed by atoms with Crippen molar-refractivity contribution in [2.75, 3.05) is 17.3 Å². The summed E-state index contributed by atoms with van der Waals surface area (Å²) in [5.41, 5.74) is 0. The van der Waals surface area contributed by atoms with E-state index >= 15 is 0 Å². The summed E-state index contributed by atoms with van der Waals surface area (Å²) < 4.78 is 0. The smallest absolute Gasteiger partial charge is 0.00388 e. The molecule has 0 N–H and O–H groups in total. The van der Waals surface area contributed by atoms with Crippen LogP contribution in [0.15, 0.2) is 0 Å². The normalized spacial score (nSPS) is 28.3. The van der Waals surface area contributed by atoms with Gasteiger partial charge in [0.1, 0.15) is 0 Å². The van der Waals surface area contributed by atoms with Gasteiger partial charge in [0.15, 0.2) is 0 Å². The third-order valence-corrected chi connectivity index (χ3v) is 3.33. The van der Waals surface area contributed by atoms with Crippen LogP contribution in [0.4, 0.5) is 0 Å². The predicted molar refractivity (Wildman–Crippen MR) is 48.5 cm³/mol. The standard InChI is InChI=1S/C7H14S2/c8-4-3-7-2-1-5-9-6-7/h7-8H,1-6H2. The van der Waals surface area contributed by atoms with Crippen molar-refractivity contribution < 1.29 is 0 Å². The monoisotopic (exact) mass is 162 g/mol. The number of hydrogen-bond donors (Lipinski definition) is 1. The predicted octanol–water partition coefficient (Wildman–Crippen LogP) is 2.45. The van der Waals surface area contributed by atoms with Gasteiger partial charge in [-0.15, -0.1) is 0 Å². The Morgan fingerprint density at radius 3 is 3.00 bits per heavy atom. The lowest BCUT2D eigenvalue weighted by Gasteiger charge is -2.19. The highest BCUT2D eigenvalue weighted by molar-refractivity contribution is 7.99. The Kier molecular flexibility index (Phi) is 3.91. The SMILES string of the molecule is SCCC1CCCSC1. The van der Waals surface area contributed by atoms with Crippen molar-refractivity contribution >= 4 is 24.4 Å². The summed E-state index contributed by atoms with van der Waals surface area (Å²) in [4.78, 5) is 0. The first-order valence-electron chi connectivity index (χ1n) is 3.62. The summed E-state index contributed by atoms with van der Waals surface area (Å²) >= 11 is 6.33. The van der Waals surface area contributed by atoms with E-state index in [1.807, 2.05) is 0 Å². The van der Waals surface area contributed by atoms with Crippen molar-refractivity contribution in [1.82, 2.24) is 0 Å². The van der Waals surface area contributed by atoms with E-state index in [0.717, 1.165) is 11.7 Å². The number of thiol groups is 1. The van der Waals surface area contributed by atoms with E-state index in [1.165, 1.54) is 30.8 Å². The van der Waals surface area contributed by atoms with E-state index in [4.69, 9.17) is 0 Å². The molecular weight excluding hydrogens is 148 g/mol. The summed E-state index contributed by atoms with van der Waals surface area (Å²) in [5, 5.41) is 0. The molecule has 0 nitrogen and oxygen atoms in total. The van der Waals surface area contributed by atoms with Gasteiger partial charge in [0.25, 0.3) is 0 Å². The summed E-state index contributed by atoms with van der Waals surface area (Å²) in [6.45, 7) is 0. The summed E-state index contributed by atoms with van der Waals surface area (Å²) in [6, 6.07) is 0. The molecule has 0 aromatic rings. The van der Waals surface area contributed by atoms with Gasteiger partial charge >= 0.3 is 0 Å². The topological polar surface area (TPSA) is 0 Å². The molecule has 1 rings (SSSR count). The Balaban J connectivity index is 2.08. The molecule has 0 aromatic carbocycles. The minimum atomic E-state index is 0.987. The third-order valence-electron chi connectivity index (χ3n) is 1.79. The highest BCUT2D eigenvalue weighted by atomic mass is 32.2. The maximum Gasteiger partial charge on any atom is -0.00388 e. The molecule has 1 saturated heterocycles. The van der Waals surface area contributed by atoms with Gasteiger partial charge in [-0.3, -0.25) is 0 Å². The van der Waals surface area contributed by atoms with Gasteiger partial charge in [0.05, 0.1) is 0 Å². The molecule has 1 unspecified atom stereocenters. The highest BCUT2D eigenvalue weighted by Gasteiger charge is 2.11. The first kappa shape index (κ1) is 7.80. The first-order valence-corrected chi connectivity index (χ1v) is 5.41. The molecular formula is C7H14S2. The molecule has 9 heavy (non-hydrogen) atoms. The number of rotatable bonds is 2. The Hall–Kier alpha value is 0.700. The second kappa shape index (κ2) is 4.51. The van der Waals surface area contributed by atoms with Gasteiger partial charge in [-0.2, -0.15) is 24.4 Å². The van der Waals surface area contributed by atoms with Gasteiger partial charge in [-0.05, 0) is 42.4 Å². The van der Waals surface area contributed by atoms with E-state index in [9.17, 15) is 0 Å². The van der Waals surface area contributed by atoms with Crippen LogP contribution >= 0.6 is 24.4 Å². The third kappa shape index (κ3) is 2.85. The van der Waals surface area contributed by atoms with Crippen LogP contribution in [0.2, 0.25) is 0 Å². The first-order chi connectivity index (χ1) is 4.43. The second-order valence-corrected chi connectivity index (χ2v) is 4.19. The van der Waals surface area contributed by atoms with Crippen molar-refractivity contribution in [1.29, 1.82) is 0 Å². The van der Waals surface area contributed by atoms with E-state index < -0.39 is 0 Å². The lowest BCUT2D eigenvalue weighted by atomic mass is 10.0. The van der Waals surface area contributed by atoms with Crippen molar-refractivity contribution in [2.24, 2.45) is 5.92 Å². The maximum atomic E-state index is 4.22. The molecule has 0 aliphatic carbocycles. The zero-order valence-electron chi connectivity index (χ0n) is 5.68. The number of hydrogen-bond acceptors (Lipinski definition) is 2. The highest BCUT2D eigenvalue weighted by Crippen LogP contribution is 2.24. The van der Waals surface area contributed by atoms with E-state index in [-0.39, 0.29) is 0 Å². The van der Waals surface area contributed by atoms with Gasteiger partial charge in [0, 0.05) is 0 Å². The van der Waals surface area contributed by atoms with Crippen molar-refractivity contribution in [2.45, 2.75) is 19.3 Å². The Bertz CT molecular complexity index is 64.6. The van der Waals surface area contributed by atoms with Crippen LogP contribution in [0.5, 0.6) is 0 Å². The molecule has 0 aromatic heterocycles. The van der Waals surface area contributed by atoms with Gasteiger partial charge in [-0.25, -0.2) is 0 Å². The molecule has 0 radical (unpaired) electrons. The summed E-state index contributed by atoms with van der Waals surface area (Å²) in [6.07, 6.45) is 4.22. The van der Waals surface area contributed by atoms with Crippen LogP contribution in [0.3, 0.4) is 0 Å². The molecule has 2 heteroatoms. The quantitative estimate of drug-likeness (QED) is 0.609. The Morgan fingerprint density at radius 2 is 2.44 bits per heavy atom. The molecule has 1 aliphatic heterocycles. The molecule has 0 spiro atoms. The largest absolute Gasteiger partial charge is 0.179 e. The van der Waals surface area contributed by atoms with Crippen LogP contribution in [0.25, 0.3) is 0 Å². The van der Waals surface area contributed by atoms with Crippen LogP contribution in [-0.2, 0) is 0 Å². The average molecular weight is 162 g/mol. The molecule has 1 atom stereocenters. The fourth-order valence-electron chi connectivity index (χ4n) is 1.22. The van der Waals surface area contributed by atoms with Gasteiger partial charge in [-0.1, -0.05) is 0 Å².